The largest absolute Gasteiger partial charge is 0.375 e. The lowest BCUT2D eigenvalue weighted by Gasteiger charge is -2.29. The van der Waals surface area contributed by atoms with Gasteiger partial charge in [-0.15, -0.1) is 0 Å². The average Bonchev–Trinajstić information content (AvgIpc) is 2.72. The van der Waals surface area contributed by atoms with Crippen LogP contribution in [0.3, 0.4) is 0 Å². The summed E-state index contributed by atoms with van der Waals surface area (Å²) < 4.78 is 0. The fourth-order valence-electron chi connectivity index (χ4n) is 3.64. The molecule has 156 valence electrons. The number of halogens is 2. The summed E-state index contributed by atoms with van der Waals surface area (Å²) >= 11 is 12.4. The van der Waals surface area contributed by atoms with Crippen molar-refractivity contribution >= 4 is 46.3 Å². The highest BCUT2D eigenvalue weighted by atomic mass is 35.5. The van der Waals surface area contributed by atoms with E-state index in [0.29, 0.717) is 39.0 Å². The van der Waals surface area contributed by atoms with E-state index >= 15 is 0 Å². The quantitative estimate of drug-likeness (QED) is 0.503. The van der Waals surface area contributed by atoms with Gasteiger partial charge in [-0.3, -0.25) is 14.6 Å². The highest BCUT2D eigenvalue weighted by Crippen LogP contribution is 2.32. The van der Waals surface area contributed by atoms with E-state index in [-0.39, 0.29) is 0 Å². The summed E-state index contributed by atoms with van der Waals surface area (Å²) in [5, 5.41) is 0.657. The van der Waals surface area contributed by atoms with Crippen molar-refractivity contribution in [3.05, 3.63) is 99.4 Å². The van der Waals surface area contributed by atoms with Gasteiger partial charge in [0.2, 0.25) is 0 Å². The first-order valence-electron chi connectivity index (χ1n) is 9.61. The molecule has 3 aromatic rings. The van der Waals surface area contributed by atoms with Crippen LogP contribution in [0.2, 0.25) is 10.0 Å². The number of carbonyl (C=O) groups is 2. The predicted octanol–water partition coefficient (Wildman–Crippen LogP) is 5.36. The molecule has 0 N–H and O–H groups in total. The van der Waals surface area contributed by atoms with Crippen LogP contribution in [0, 0.1) is 6.92 Å². The molecule has 1 aromatic heterocycles. The molecule has 0 saturated carbocycles. The molecule has 0 unspecified atom stereocenters. The highest BCUT2D eigenvalue weighted by molar-refractivity contribution is 6.38. The number of hydrogen-bond acceptors (Lipinski definition) is 4. The molecule has 0 saturated heterocycles. The minimum Gasteiger partial charge on any atom is -0.375 e. The van der Waals surface area contributed by atoms with Gasteiger partial charge in [0, 0.05) is 47.8 Å². The number of benzene rings is 2. The maximum Gasteiger partial charge on any atom is 0.267 e. The third kappa shape index (κ3) is 4.20. The van der Waals surface area contributed by atoms with Gasteiger partial charge in [0.05, 0.1) is 11.3 Å². The van der Waals surface area contributed by atoms with E-state index in [1.54, 1.807) is 43.6 Å². The lowest BCUT2D eigenvalue weighted by atomic mass is 9.95. The maximum atomic E-state index is 13.9. The van der Waals surface area contributed by atoms with E-state index in [4.69, 9.17) is 23.2 Å². The summed E-state index contributed by atoms with van der Waals surface area (Å²) in [7, 11) is 1.89. The summed E-state index contributed by atoms with van der Waals surface area (Å²) in [6, 6.07) is 13.9. The molecule has 2 amide bonds. The van der Waals surface area contributed by atoms with Crippen LogP contribution in [-0.4, -0.2) is 28.7 Å². The molecule has 2 aromatic carbocycles. The maximum absolute atomic E-state index is 13.9. The number of amides is 2. The number of nitrogens with zero attached hydrogens (tertiary/aromatic N) is 3. The monoisotopic (exact) mass is 451 g/mol. The number of hydrogen-bond donors (Lipinski definition) is 0. The number of carbonyl (C=O) groups excluding carboxylic acids is 2. The third-order valence-electron chi connectivity index (χ3n) is 5.07. The minimum absolute atomic E-state index is 0.301. The molecule has 5 nitrogen and oxygen atoms in total. The van der Waals surface area contributed by atoms with Crippen LogP contribution in [0.15, 0.2) is 67.1 Å². The van der Waals surface area contributed by atoms with Crippen molar-refractivity contribution in [3.63, 3.8) is 0 Å². The first-order valence-corrected chi connectivity index (χ1v) is 10.4. The van der Waals surface area contributed by atoms with E-state index < -0.39 is 11.8 Å². The Bertz CT molecular complexity index is 1200. The van der Waals surface area contributed by atoms with E-state index in [2.05, 4.69) is 4.98 Å². The summed E-state index contributed by atoms with van der Waals surface area (Å²) in [5.74, 6) is -0.937. The zero-order valence-electron chi connectivity index (χ0n) is 17.0. The first-order chi connectivity index (χ1) is 14.8. The SMILES string of the molecule is Cc1cnccc1C(=O)N(C(=O)C1=CN(C)Cc2ccccc21)c1cc(Cl)cc(Cl)c1. The van der Waals surface area contributed by atoms with Crippen molar-refractivity contribution in [2.45, 2.75) is 13.5 Å². The molecule has 0 aliphatic carbocycles. The molecule has 4 rings (SSSR count). The van der Waals surface area contributed by atoms with Crippen LogP contribution in [-0.2, 0) is 11.3 Å². The van der Waals surface area contributed by atoms with Crippen LogP contribution < -0.4 is 4.90 Å². The minimum atomic E-state index is -0.477. The number of pyridine rings is 1. The Labute approximate surface area is 190 Å². The fraction of sp³-hybridized carbons (Fsp3) is 0.125. The van der Waals surface area contributed by atoms with Crippen molar-refractivity contribution in [1.29, 1.82) is 0 Å². The summed E-state index contributed by atoms with van der Waals surface area (Å²) in [6.45, 7) is 2.45. The van der Waals surface area contributed by atoms with E-state index in [0.717, 1.165) is 16.0 Å². The second-order valence-electron chi connectivity index (χ2n) is 7.38. The van der Waals surface area contributed by atoms with Gasteiger partial charge in [-0.05, 0) is 47.9 Å². The standard InChI is InChI=1S/C24H19Cl2N3O2/c1-15-12-27-8-7-20(15)23(30)29(19-10-17(25)9-18(26)11-19)24(31)22-14-28(2)13-16-5-3-4-6-21(16)22/h3-12,14H,13H2,1-2H3. The van der Waals surface area contributed by atoms with Gasteiger partial charge in [0.1, 0.15) is 0 Å². The molecular weight excluding hydrogens is 433 g/mol. The molecule has 31 heavy (non-hydrogen) atoms. The van der Waals surface area contributed by atoms with Crippen LogP contribution >= 0.6 is 23.2 Å². The topological polar surface area (TPSA) is 53.5 Å². The molecule has 0 spiro atoms. The molecule has 0 fully saturated rings. The highest BCUT2D eigenvalue weighted by Gasteiger charge is 2.32. The zero-order valence-corrected chi connectivity index (χ0v) is 18.5. The molecule has 7 heteroatoms. The summed E-state index contributed by atoms with van der Waals surface area (Å²) in [6.07, 6.45) is 4.87. The van der Waals surface area contributed by atoms with Crippen LogP contribution in [0.5, 0.6) is 0 Å². The van der Waals surface area contributed by atoms with E-state index in [9.17, 15) is 9.59 Å². The Hall–Kier alpha value is -3.15. The van der Waals surface area contributed by atoms with Gasteiger partial charge in [-0.2, -0.15) is 0 Å². The third-order valence-corrected chi connectivity index (χ3v) is 5.51. The number of rotatable bonds is 3. The summed E-state index contributed by atoms with van der Waals surface area (Å²) in [4.78, 5) is 34.6. The van der Waals surface area contributed by atoms with E-state index in [1.165, 1.54) is 6.20 Å². The molecular formula is C24H19Cl2N3O2. The molecule has 2 heterocycles. The second kappa shape index (κ2) is 8.53. The average molecular weight is 452 g/mol. The van der Waals surface area contributed by atoms with Crippen molar-refractivity contribution < 1.29 is 9.59 Å². The van der Waals surface area contributed by atoms with Crippen molar-refractivity contribution in [1.82, 2.24) is 9.88 Å². The fourth-order valence-corrected chi connectivity index (χ4v) is 4.16. The number of imide groups is 1. The van der Waals surface area contributed by atoms with Crippen molar-refractivity contribution in [2.24, 2.45) is 0 Å². The molecule has 1 aliphatic rings. The van der Waals surface area contributed by atoms with Crippen LogP contribution in [0.4, 0.5) is 5.69 Å². The van der Waals surface area contributed by atoms with Gasteiger partial charge < -0.3 is 4.90 Å². The van der Waals surface area contributed by atoms with Gasteiger partial charge in [-0.25, -0.2) is 4.90 Å². The molecule has 0 bridgehead atoms. The van der Waals surface area contributed by atoms with Gasteiger partial charge in [0.25, 0.3) is 11.8 Å². The van der Waals surface area contributed by atoms with Gasteiger partial charge in [-0.1, -0.05) is 47.5 Å². The lowest BCUT2D eigenvalue weighted by molar-refractivity contribution is -0.112. The number of aromatic nitrogens is 1. The Kier molecular flexibility index (Phi) is 5.81. The van der Waals surface area contributed by atoms with Crippen molar-refractivity contribution in [2.75, 3.05) is 11.9 Å². The van der Waals surface area contributed by atoms with Crippen molar-refractivity contribution in [3.8, 4) is 0 Å². The Morgan fingerprint density at radius 2 is 1.74 bits per heavy atom. The molecule has 0 radical (unpaired) electrons. The number of fused-ring (bicyclic) bond motifs is 1. The Morgan fingerprint density at radius 3 is 2.45 bits per heavy atom. The van der Waals surface area contributed by atoms with Crippen LogP contribution in [0.1, 0.15) is 27.0 Å². The Balaban J connectivity index is 1.88. The zero-order chi connectivity index (χ0) is 22.1. The van der Waals surface area contributed by atoms with E-state index in [1.807, 2.05) is 36.2 Å². The second-order valence-corrected chi connectivity index (χ2v) is 8.25. The van der Waals surface area contributed by atoms with Gasteiger partial charge in [0.15, 0.2) is 0 Å². The normalized spacial score (nSPS) is 12.8. The lowest BCUT2D eigenvalue weighted by Crippen LogP contribution is -2.39. The summed E-state index contributed by atoms with van der Waals surface area (Å²) in [5.41, 5.74) is 3.55. The van der Waals surface area contributed by atoms with Crippen LogP contribution in [0.25, 0.3) is 5.57 Å². The predicted molar refractivity (Wildman–Crippen MR) is 123 cm³/mol. The molecule has 1 aliphatic heterocycles. The molecule has 0 atom stereocenters. The first kappa shape index (κ1) is 21.1. The smallest absolute Gasteiger partial charge is 0.267 e. The Morgan fingerprint density at radius 1 is 1.03 bits per heavy atom. The number of anilines is 1. The number of aryl methyl sites for hydroxylation is 1. The van der Waals surface area contributed by atoms with Gasteiger partial charge >= 0.3 is 0 Å².